The van der Waals surface area contributed by atoms with Crippen molar-refractivity contribution in [3.63, 3.8) is 0 Å². The molecule has 1 fully saturated rings. The van der Waals surface area contributed by atoms with Gasteiger partial charge in [0.2, 0.25) is 0 Å². The third kappa shape index (κ3) is 4.52. The van der Waals surface area contributed by atoms with E-state index < -0.39 is 0 Å². The summed E-state index contributed by atoms with van der Waals surface area (Å²) in [6, 6.07) is 7.88. The Balaban J connectivity index is 1.66. The SMILES string of the molecule is Cc1ccc(C(=O)N2CCC[C@@H](c3nccn3CCCN(C)C)C2)cc1. The van der Waals surface area contributed by atoms with Crippen LogP contribution in [-0.4, -0.2) is 59.0 Å². The molecular weight excluding hydrogens is 324 g/mol. The quantitative estimate of drug-likeness (QED) is 0.800. The zero-order valence-corrected chi connectivity index (χ0v) is 16.2. The Bertz CT molecular complexity index is 720. The summed E-state index contributed by atoms with van der Waals surface area (Å²) >= 11 is 0. The zero-order valence-electron chi connectivity index (χ0n) is 16.2. The largest absolute Gasteiger partial charge is 0.338 e. The van der Waals surface area contributed by atoms with E-state index in [0.29, 0.717) is 5.92 Å². The first-order valence-corrected chi connectivity index (χ1v) is 9.56. The second-order valence-electron chi connectivity index (χ2n) is 7.59. The standard InChI is InChI=1S/C21H30N4O/c1-17-7-9-18(10-8-17)21(26)25-13-4-6-19(16-25)20-22-11-15-24(20)14-5-12-23(2)3/h7-11,15,19H,4-6,12-14,16H2,1-3H3/t19-/m1/s1. The molecule has 1 saturated heterocycles. The fraction of sp³-hybridized carbons (Fsp3) is 0.524. The Morgan fingerprint density at radius 2 is 2.04 bits per heavy atom. The average Bonchev–Trinajstić information content (AvgIpc) is 3.10. The van der Waals surface area contributed by atoms with Gasteiger partial charge in [0.05, 0.1) is 0 Å². The van der Waals surface area contributed by atoms with Crippen LogP contribution in [-0.2, 0) is 6.54 Å². The van der Waals surface area contributed by atoms with Crippen LogP contribution >= 0.6 is 0 Å². The van der Waals surface area contributed by atoms with E-state index in [1.54, 1.807) is 0 Å². The third-order valence-electron chi connectivity index (χ3n) is 5.12. The van der Waals surface area contributed by atoms with E-state index in [1.807, 2.05) is 42.3 Å². The van der Waals surface area contributed by atoms with Gasteiger partial charge in [0, 0.05) is 43.5 Å². The van der Waals surface area contributed by atoms with Crippen LogP contribution in [0.3, 0.4) is 0 Å². The molecule has 0 radical (unpaired) electrons. The second-order valence-corrected chi connectivity index (χ2v) is 7.59. The van der Waals surface area contributed by atoms with Crippen molar-refractivity contribution in [1.29, 1.82) is 0 Å². The van der Waals surface area contributed by atoms with Gasteiger partial charge in [-0.1, -0.05) is 17.7 Å². The van der Waals surface area contributed by atoms with Gasteiger partial charge in [-0.25, -0.2) is 4.98 Å². The summed E-state index contributed by atoms with van der Waals surface area (Å²) in [5.41, 5.74) is 1.96. The number of likely N-dealkylation sites (tertiary alicyclic amines) is 1. The van der Waals surface area contributed by atoms with Crippen molar-refractivity contribution in [3.05, 3.63) is 53.6 Å². The minimum absolute atomic E-state index is 0.139. The zero-order chi connectivity index (χ0) is 18.5. The van der Waals surface area contributed by atoms with Gasteiger partial charge in [-0.05, 0) is 59.0 Å². The molecule has 2 aromatic rings. The van der Waals surface area contributed by atoms with Gasteiger partial charge < -0.3 is 14.4 Å². The van der Waals surface area contributed by atoms with Crippen LogP contribution in [0, 0.1) is 6.92 Å². The highest BCUT2D eigenvalue weighted by atomic mass is 16.2. The van der Waals surface area contributed by atoms with Crippen LogP contribution in [0.5, 0.6) is 0 Å². The normalized spacial score (nSPS) is 17.7. The van der Waals surface area contributed by atoms with E-state index >= 15 is 0 Å². The van der Waals surface area contributed by atoms with Gasteiger partial charge in [-0.15, -0.1) is 0 Å². The summed E-state index contributed by atoms with van der Waals surface area (Å²) < 4.78 is 2.27. The molecule has 5 nitrogen and oxygen atoms in total. The van der Waals surface area contributed by atoms with Gasteiger partial charge in [-0.3, -0.25) is 4.79 Å². The van der Waals surface area contributed by atoms with Gasteiger partial charge >= 0.3 is 0 Å². The van der Waals surface area contributed by atoms with Crippen molar-refractivity contribution in [2.24, 2.45) is 0 Å². The number of carbonyl (C=O) groups excluding carboxylic acids is 1. The van der Waals surface area contributed by atoms with Gasteiger partial charge in [-0.2, -0.15) is 0 Å². The number of aromatic nitrogens is 2. The van der Waals surface area contributed by atoms with Crippen LogP contribution in [0.1, 0.15) is 46.9 Å². The topological polar surface area (TPSA) is 41.4 Å². The van der Waals surface area contributed by atoms with E-state index in [1.165, 1.54) is 5.56 Å². The Morgan fingerprint density at radius 3 is 2.77 bits per heavy atom. The molecule has 0 bridgehead atoms. The molecule has 0 spiro atoms. The number of rotatable bonds is 6. The lowest BCUT2D eigenvalue weighted by Crippen LogP contribution is -2.39. The highest BCUT2D eigenvalue weighted by Crippen LogP contribution is 2.27. The molecule has 2 heterocycles. The maximum absolute atomic E-state index is 12.9. The highest BCUT2D eigenvalue weighted by molar-refractivity contribution is 5.94. The fourth-order valence-corrected chi connectivity index (χ4v) is 3.68. The molecule has 5 heteroatoms. The van der Waals surface area contributed by atoms with Crippen LogP contribution in [0.25, 0.3) is 0 Å². The minimum atomic E-state index is 0.139. The summed E-state index contributed by atoms with van der Waals surface area (Å²) in [4.78, 5) is 21.7. The first kappa shape index (κ1) is 18.6. The molecule has 1 aromatic heterocycles. The lowest BCUT2D eigenvalue weighted by atomic mass is 9.96. The highest BCUT2D eigenvalue weighted by Gasteiger charge is 2.27. The Hall–Kier alpha value is -2.14. The number of benzene rings is 1. The number of aryl methyl sites for hydroxylation is 2. The molecule has 26 heavy (non-hydrogen) atoms. The van der Waals surface area contributed by atoms with Crippen LogP contribution < -0.4 is 0 Å². The molecule has 1 aliphatic rings. The minimum Gasteiger partial charge on any atom is -0.338 e. The monoisotopic (exact) mass is 354 g/mol. The maximum Gasteiger partial charge on any atom is 0.253 e. The second kappa shape index (κ2) is 8.49. The Labute approximate surface area is 156 Å². The van der Waals surface area contributed by atoms with Crippen LogP contribution in [0.15, 0.2) is 36.7 Å². The van der Waals surface area contributed by atoms with Crippen molar-refractivity contribution in [3.8, 4) is 0 Å². The summed E-state index contributed by atoms with van der Waals surface area (Å²) in [5.74, 6) is 1.60. The smallest absolute Gasteiger partial charge is 0.253 e. The first-order valence-electron chi connectivity index (χ1n) is 9.56. The molecular formula is C21H30N4O. The molecule has 0 saturated carbocycles. The molecule has 0 aliphatic carbocycles. The van der Waals surface area contributed by atoms with Gasteiger partial charge in [0.25, 0.3) is 5.91 Å². The lowest BCUT2D eigenvalue weighted by molar-refractivity contribution is 0.0703. The fourth-order valence-electron chi connectivity index (χ4n) is 3.68. The van der Waals surface area contributed by atoms with Gasteiger partial charge in [0.1, 0.15) is 5.82 Å². The van der Waals surface area contributed by atoms with E-state index in [-0.39, 0.29) is 5.91 Å². The average molecular weight is 354 g/mol. The van der Waals surface area contributed by atoms with Crippen molar-refractivity contribution in [2.75, 3.05) is 33.7 Å². The number of hydrogen-bond donors (Lipinski definition) is 0. The molecule has 1 amide bonds. The molecule has 1 aromatic carbocycles. The van der Waals surface area contributed by atoms with Gasteiger partial charge in [0.15, 0.2) is 0 Å². The number of carbonyl (C=O) groups is 1. The van der Waals surface area contributed by atoms with Crippen molar-refractivity contribution in [1.82, 2.24) is 19.4 Å². The van der Waals surface area contributed by atoms with Crippen molar-refractivity contribution in [2.45, 2.75) is 38.6 Å². The summed E-state index contributed by atoms with van der Waals surface area (Å²) in [6.45, 7) is 5.69. The molecule has 3 rings (SSSR count). The third-order valence-corrected chi connectivity index (χ3v) is 5.12. The predicted octanol–water partition coefficient (Wildman–Crippen LogP) is 3.16. The van der Waals surface area contributed by atoms with E-state index in [2.05, 4.69) is 34.7 Å². The van der Waals surface area contributed by atoms with Crippen molar-refractivity contribution >= 4 is 5.91 Å². The van der Waals surface area contributed by atoms with Crippen molar-refractivity contribution < 1.29 is 4.79 Å². The molecule has 0 N–H and O–H groups in total. The molecule has 1 atom stereocenters. The Kier molecular flexibility index (Phi) is 6.09. The number of piperidine rings is 1. The summed E-state index contributed by atoms with van der Waals surface area (Å²) in [7, 11) is 4.20. The van der Waals surface area contributed by atoms with Crippen LogP contribution in [0.2, 0.25) is 0 Å². The van der Waals surface area contributed by atoms with Crippen LogP contribution in [0.4, 0.5) is 0 Å². The first-order chi connectivity index (χ1) is 12.5. The van der Waals surface area contributed by atoms with E-state index in [4.69, 9.17) is 0 Å². The summed E-state index contributed by atoms with van der Waals surface area (Å²) in [6.07, 6.45) is 7.21. The number of imidazole rings is 1. The molecule has 0 unspecified atom stereocenters. The van der Waals surface area contributed by atoms with E-state index in [9.17, 15) is 4.79 Å². The van der Waals surface area contributed by atoms with E-state index in [0.717, 1.165) is 56.8 Å². The Morgan fingerprint density at radius 1 is 1.27 bits per heavy atom. The molecule has 1 aliphatic heterocycles. The number of hydrogen-bond acceptors (Lipinski definition) is 3. The lowest BCUT2D eigenvalue weighted by Gasteiger charge is -2.33. The number of amides is 1. The number of nitrogens with zero attached hydrogens (tertiary/aromatic N) is 4. The predicted molar refractivity (Wildman–Crippen MR) is 104 cm³/mol. The maximum atomic E-state index is 12.9. The molecule has 140 valence electrons. The summed E-state index contributed by atoms with van der Waals surface area (Å²) in [5, 5.41) is 0.